The minimum atomic E-state index is -0.487. The van der Waals surface area contributed by atoms with Crippen molar-refractivity contribution in [2.45, 2.75) is 51.0 Å². The third-order valence-corrected chi connectivity index (χ3v) is 3.84. The number of hydrogen-bond acceptors (Lipinski definition) is 3. The van der Waals surface area contributed by atoms with Gasteiger partial charge in [-0.1, -0.05) is 6.07 Å². The Kier molecular flexibility index (Phi) is 4.83. The van der Waals surface area contributed by atoms with Gasteiger partial charge in [0, 0.05) is 5.54 Å². The minimum Gasteiger partial charge on any atom is -0.494 e. The van der Waals surface area contributed by atoms with Crippen molar-refractivity contribution in [1.82, 2.24) is 0 Å². The topological polar surface area (TPSA) is 55.5 Å². The molecule has 1 unspecified atom stereocenters. The van der Waals surface area contributed by atoms with E-state index in [1.54, 1.807) is 0 Å². The Bertz CT molecular complexity index is 415. The molecule has 0 saturated heterocycles. The van der Waals surface area contributed by atoms with Crippen molar-refractivity contribution in [3.63, 3.8) is 0 Å². The molecular weight excluding hydrogens is 238 g/mol. The van der Waals surface area contributed by atoms with E-state index in [0.717, 1.165) is 18.6 Å². The summed E-state index contributed by atoms with van der Waals surface area (Å²) in [6.07, 6.45) is 6.62. The highest BCUT2D eigenvalue weighted by atomic mass is 16.5. The maximum Gasteiger partial charge on any atom is 0.119 e. The van der Waals surface area contributed by atoms with Crippen LogP contribution in [0.3, 0.4) is 0 Å². The second kappa shape index (κ2) is 6.40. The van der Waals surface area contributed by atoms with Crippen LogP contribution in [-0.4, -0.2) is 23.9 Å². The average molecular weight is 263 g/mol. The zero-order chi connectivity index (χ0) is 13.7. The van der Waals surface area contributed by atoms with Crippen LogP contribution >= 0.6 is 0 Å². The van der Waals surface area contributed by atoms with E-state index in [1.807, 2.05) is 6.92 Å². The number of nitrogens with two attached hydrogens (primary N) is 1. The van der Waals surface area contributed by atoms with E-state index in [4.69, 9.17) is 15.6 Å². The first-order valence-corrected chi connectivity index (χ1v) is 7.25. The summed E-state index contributed by atoms with van der Waals surface area (Å²) in [5.74, 6) is 0.961. The lowest BCUT2D eigenvalue weighted by atomic mass is 9.92. The summed E-state index contributed by atoms with van der Waals surface area (Å²) in [6, 6.07) is 6.45. The summed E-state index contributed by atoms with van der Waals surface area (Å²) < 4.78 is 5.77. The molecule has 0 aromatic heterocycles. The van der Waals surface area contributed by atoms with Crippen molar-refractivity contribution in [2.24, 2.45) is 5.73 Å². The van der Waals surface area contributed by atoms with Crippen LogP contribution < -0.4 is 10.5 Å². The smallest absolute Gasteiger partial charge is 0.119 e. The van der Waals surface area contributed by atoms with Crippen LogP contribution in [0, 0.1) is 0 Å². The van der Waals surface area contributed by atoms with Gasteiger partial charge < -0.3 is 15.6 Å². The van der Waals surface area contributed by atoms with E-state index in [0.29, 0.717) is 6.61 Å². The fraction of sp³-hybridized carbons (Fsp3) is 0.625. The number of fused-ring (bicyclic) bond motifs is 1. The van der Waals surface area contributed by atoms with Crippen molar-refractivity contribution >= 4 is 0 Å². The molecule has 1 atom stereocenters. The van der Waals surface area contributed by atoms with Gasteiger partial charge in [0.15, 0.2) is 0 Å². The van der Waals surface area contributed by atoms with Crippen LogP contribution in [-0.2, 0) is 12.8 Å². The van der Waals surface area contributed by atoms with Gasteiger partial charge in [-0.3, -0.25) is 0 Å². The van der Waals surface area contributed by atoms with Crippen LogP contribution in [0.1, 0.15) is 43.7 Å². The number of benzene rings is 1. The Morgan fingerprint density at radius 1 is 1.26 bits per heavy atom. The summed E-state index contributed by atoms with van der Waals surface area (Å²) in [5, 5.41) is 9.08. The number of rotatable bonds is 6. The summed E-state index contributed by atoms with van der Waals surface area (Å²) in [7, 11) is 0. The van der Waals surface area contributed by atoms with Crippen LogP contribution in [0.2, 0.25) is 0 Å². The molecule has 0 heterocycles. The molecule has 0 bridgehead atoms. The van der Waals surface area contributed by atoms with Crippen molar-refractivity contribution in [2.75, 3.05) is 13.2 Å². The minimum absolute atomic E-state index is 0.0197. The summed E-state index contributed by atoms with van der Waals surface area (Å²) >= 11 is 0. The zero-order valence-corrected chi connectivity index (χ0v) is 11.8. The second-order valence-corrected chi connectivity index (χ2v) is 5.90. The Labute approximate surface area is 115 Å². The van der Waals surface area contributed by atoms with Gasteiger partial charge in [0.05, 0.1) is 13.2 Å². The third kappa shape index (κ3) is 4.22. The highest BCUT2D eigenvalue weighted by Gasteiger charge is 2.16. The normalized spacial score (nSPS) is 17.6. The number of aryl methyl sites for hydroxylation is 2. The average Bonchev–Trinajstić information content (AvgIpc) is 2.43. The molecule has 2 rings (SSSR count). The molecule has 3 N–H and O–H groups in total. The standard InChI is InChI=1S/C16H25NO2/c1-16(17,12-18)9-4-10-19-15-8-7-13-5-2-3-6-14(13)11-15/h7-8,11,18H,2-6,9-10,12,17H2,1H3. The first-order chi connectivity index (χ1) is 9.11. The highest BCUT2D eigenvalue weighted by molar-refractivity contribution is 5.37. The summed E-state index contributed by atoms with van der Waals surface area (Å²) in [6.45, 7) is 2.54. The molecule has 0 spiro atoms. The molecule has 1 aromatic rings. The molecule has 0 aliphatic heterocycles. The first kappa shape index (κ1) is 14.4. The zero-order valence-electron chi connectivity index (χ0n) is 11.8. The van der Waals surface area contributed by atoms with Crippen LogP contribution in [0.15, 0.2) is 18.2 Å². The van der Waals surface area contributed by atoms with E-state index >= 15 is 0 Å². The largest absolute Gasteiger partial charge is 0.494 e. The van der Waals surface area contributed by atoms with Gasteiger partial charge >= 0.3 is 0 Å². The monoisotopic (exact) mass is 263 g/mol. The fourth-order valence-corrected chi connectivity index (χ4v) is 2.54. The number of hydrogen-bond donors (Lipinski definition) is 2. The van der Waals surface area contributed by atoms with Crippen molar-refractivity contribution in [3.05, 3.63) is 29.3 Å². The molecule has 0 fully saturated rings. The summed E-state index contributed by atoms with van der Waals surface area (Å²) in [4.78, 5) is 0. The molecule has 106 valence electrons. The quantitative estimate of drug-likeness (QED) is 0.775. The lowest BCUT2D eigenvalue weighted by Crippen LogP contribution is -2.40. The van der Waals surface area contributed by atoms with E-state index in [9.17, 15) is 0 Å². The highest BCUT2D eigenvalue weighted by Crippen LogP contribution is 2.25. The van der Waals surface area contributed by atoms with Gasteiger partial charge in [0.2, 0.25) is 0 Å². The van der Waals surface area contributed by atoms with Gasteiger partial charge in [-0.15, -0.1) is 0 Å². The number of ether oxygens (including phenoxy) is 1. The fourth-order valence-electron chi connectivity index (χ4n) is 2.54. The van der Waals surface area contributed by atoms with Gasteiger partial charge in [-0.25, -0.2) is 0 Å². The van der Waals surface area contributed by atoms with Gasteiger partial charge in [-0.05, 0) is 68.7 Å². The van der Waals surface area contributed by atoms with E-state index in [1.165, 1.54) is 36.8 Å². The second-order valence-electron chi connectivity index (χ2n) is 5.90. The molecule has 0 amide bonds. The Morgan fingerprint density at radius 2 is 2.00 bits per heavy atom. The van der Waals surface area contributed by atoms with Crippen molar-refractivity contribution in [1.29, 1.82) is 0 Å². The molecule has 3 nitrogen and oxygen atoms in total. The van der Waals surface area contributed by atoms with Crippen LogP contribution in [0.25, 0.3) is 0 Å². The van der Waals surface area contributed by atoms with Gasteiger partial charge in [0.1, 0.15) is 5.75 Å². The van der Waals surface area contributed by atoms with Crippen molar-refractivity contribution in [3.8, 4) is 5.75 Å². The Balaban J connectivity index is 1.80. The molecule has 1 aliphatic carbocycles. The first-order valence-electron chi connectivity index (χ1n) is 7.25. The van der Waals surface area contributed by atoms with Crippen LogP contribution in [0.4, 0.5) is 0 Å². The van der Waals surface area contributed by atoms with E-state index in [-0.39, 0.29) is 6.61 Å². The molecule has 0 saturated carbocycles. The predicted molar refractivity (Wildman–Crippen MR) is 77.5 cm³/mol. The maximum absolute atomic E-state index is 9.08. The maximum atomic E-state index is 9.08. The van der Waals surface area contributed by atoms with Crippen molar-refractivity contribution < 1.29 is 9.84 Å². The van der Waals surface area contributed by atoms with E-state index < -0.39 is 5.54 Å². The Morgan fingerprint density at radius 3 is 2.74 bits per heavy atom. The molecular formula is C16H25NO2. The molecule has 1 aliphatic rings. The van der Waals surface area contributed by atoms with Crippen LogP contribution in [0.5, 0.6) is 5.75 Å². The molecule has 1 aromatic carbocycles. The number of aliphatic hydroxyl groups is 1. The SMILES string of the molecule is CC(N)(CO)CCCOc1ccc2c(c1)CCCC2. The van der Waals surface area contributed by atoms with Gasteiger partial charge in [0.25, 0.3) is 0 Å². The molecule has 3 heteroatoms. The predicted octanol–water partition coefficient (Wildman–Crippen LogP) is 2.43. The third-order valence-electron chi connectivity index (χ3n) is 3.84. The van der Waals surface area contributed by atoms with Gasteiger partial charge in [-0.2, -0.15) is 0 Å². The molecule has 0 radical (unpaired) electrons. The summed E-state index contributed by atoms with van der Waals surface area (Å²) in [5.41, 5.74) is 8.32. The lowest BCUT2D eigenvalue weighted by molar-refractivity contribution is 0.188. The Hall–Kier alpha value is -1.06. The van der Waals surface area contributed by atoms with E-state index in [2.05, 4.69) is 18.2 Å². The number of aliphatic hydroxyl groups excluding tert-OH is 1. The lowest BCUT2D eigenvalue weighted by Gasteiger charge is -2.21. The molecule has 19 heavy (non-hydrogen) atoms.